The van der Waals surface area contributed by atoms with Gasteiger partial charge in [-0.15, -0.1) is 0 Å². The van der Waals surface area contributed by atoms with Crippen LogP contribution in [-0.4, -0.2) is 33.6 Å². The molecule has 0 spiro atoms. The van der Waals surface area contributed by atoms with Crippen LogP contribution < -0.4 is 0 Å². The van der Waals surface area contributed by atoms with Gasteiger partial charge in [0.05, 0.1) is 0 Å². The third kappa shape index (κ3) is 2.26. The van der Waals surface area contributed by atoms with Gasteiger partial charge in [0.1, 0.15) is 5.82 Å². The third-order valence-electron chi connectivity index (χ3n) is 2.84. The van der Waals surface area contributed by atoms with Crippen LogP contribution in [0.3, 0.4) is 0 Å². The molecule has 0 saturated carbocycles. The molecule has 0 aliphatic carbocycles. The van der Waals surface area contributed by atoms with E-state index in [1.54, 1.807) is 0 Å². The average Bonchev–Trinajstić information content (AvgIpc) is 2.64. The average molecular weight is 290 g/mol. The monoisotopic (exact) mass is 290 g/mol. The van der Waals surface area contributed by atoms with Gasteiger partial charge >= 0.3 is 6.18 Å². The highest BCUT2D eigenvalue weighted by atomic mass is 19.4. The van der Waals surface area contributed by atoms with Crippen LogP contribution in [0.15, 0.2) is 29.4 Å². The van der Waals surface area contributed by atoms with E-state index < -0.39 is 30.0 Å². The summed E-state index contributed by atoms with van der Waals surface area (Å²) in [5.41, 5.74) is -3.78. The molecule has 108 valence electrons. The van der Waals surface area contributed by atoms with Gasteiger partial charge in [0.15, 0.2) is 0 Å². The lowest BCUT2D eigenvalue weighted by molar-refractivity contribution is -0.297. The van der Waals surface area contributed by atoms with Gasteiger partial charge < -0.3 is 5.11 Å². The molecule has 0 aromatic heterocycles. The number of carbonyl (C=O) groups excluding carboxylic acids is 1. The Labute approximate surface area is 111 Å². The van der Waals surface area contributed by atoms with Crippen LogP contribution in [-0.2, 0) is 0 Å². The number of hydrogen-bond acceptors (Lipinski definition) is 3. The second kappa shape index (κ2) is 4.55. The van der Waals surface area contributed by atoms with Crippen molar-refractivity contribution in [3.63, 3.8) is 0 Å². The van der Waals surface area contributed by atoms with Gasteiger partial charge in [-0.25, -0.2) is 4.39 Å². The Hall–Kier alpha value is -1.96. The predicted octanol–water partition coefficient (Wildman–Crippen LogP) is 2.30. The Morgan fingerprint density at radius 1 is 1.45 bits per heavy atom. The van der Waals surface area contributed by atoms with Gasteiger partial charge in [-0.05, 0) is 25.1 Å². The molecule has 1 unspecified atom stereocenters. The second-order valence-electron chi connectivity index (χ2n) is 4.45. The molecule has 1 aromatic carbocycles. The lowest BCUT2D eigenvalue weighted by Gasteiger charge is -2.32. The minimum Gasteiger partial charge on any atom is -0.362 e. The van der Waals surface area contributed by atoms with Crippen LogP contribution in [0.5, 0.6) is 0 Å². The summed E-state index contributed by atoms with van der Waals surface area (Å²) < 4.78 is 51.8. The molecule has 2 rings (SSSR count). The Morgan fingerprint density at radius 2 is 2.10 bits per heavy atom. The van der Waals surface area contributed by atoms with Crippen molar-refractivity contribution in [3.8, 4) is 0 Å². The molecule has 1 atom stereocenters. The maximum atomic E-state index is 13.0. The number of benzene rings is 1. The molecule has 0 saturated heterocycles. The summed E-state index contributed by atoms with van der Waals surface area (Å²) in [6.45, 7) is 1.26. The van der Waals surface area contributed by atoms with Crippen molar-refractivity contribution in [2.75, 3.05) is 0 Å². The molecule has 1 aromatic rings. The number of hydrazone groups is 1. The lowest BCUT2D eigenvalue weighted by atomic mass is 10.1. The number of alkyl halides is 3. The molecule has 1 heterocycles. The fraction of sp³-hybridized carbons (Fsp3) is 0.333. The largest absolute Gasteiger partial charge is 0.438 e. The highest BCUT2D eigenvalue weighted by Gasteiger charge is 2.62. The van der Waals surface area contributed by atoms with Crippen molar-refractivity contribution in [2.45, 2.75) is 25.2 Å². The number of carbonyl (C=O) groups is 1. The SMILES string of the molecule is CC1=NN(C(=O)c2cccc(F)c2)C(O)(C(F)(F)F)C1. The first-order chi connectivity index (χ1) is 9.15. The van der Waals surface area contributed by atoms with E-state index in [-0.39, 0.29) is 16.3 Å². The van der Waals surface area contributed by atoms with Crippen LogP contribution in [0.2, 0.25) is 0 Å². The zero-order valence-corrected chi connectivity index (χ0v) is 10.3. The fourth-order valence-electron chi connectivity index (χ4n) is 1.90. The maximum Gasteiger partial charge on any atom is 0.438 e. The molecule has 1 aliphatic rings. The highest BCUT2D eigenvalue weighted by molar-refractivity contribution is 5.97. The van der Waals surface area contributed by atoms with Crippen LogP contribution in [0.4, 0.5) is 17.6 Å². The quantitative estimate of drug-likeness (QED) is 0.807. The summed E-state index contributed by atoms with van der Waals surface area (Å²) in [6, 6.07) is 4.15. The number of rotatable bonds is 1. The van der Waals surface area contributed by atoms with Crippen LogP contribution in [0, 0.1) is 5.82 Å². The molecular weight excluding hydrogens is 280 g/mol. The van der Waals surface area contributed by atoms with Crippen molar-refractivity contribution in [2.24, 2.45) is 5.10 Å². The standard InChI is InChI=1S/C12H10F4N2O2/c1-7-6-11(20,12(14,15)16)18(17-7)10(19)8-3-2-4-9(13)5-8/h2-5,20H,6H2,1H3. The first-order valence-corrected chi connectivity index (χ1v) is 5.58. The number of hydrogen-bond donors (Lipinski definition) is 1. The van der Waals surface area contributed by atoms with E-state index in [2.05, 4.69) is 5.10 Å². The van der Waals surface area contributed by atoms with Crippen molar-refractivity contribution in [3.05, 3.63) is 35.6 Å². The van der Waals surface area contributed by atoms with Crippen molar-refractivity contribution >= 4 is 11.6 Å². The predicted molar refractivity (Wildman–Crippen MR) is 61.3 cm³/mol. The number of amides is 1. The molecule has 4 nitrogen and oxygen atoms in total. The Kier molecular flexibility index (Phi) is 3.29. The van der Waals surface area contributed by atoms with Gasteiger partial charge in [-0.2, -0.15) is 23.3 Å². The van der Waals surface area contributed by atoms with Gasteiger partial charge in [0.25, 0.3) is 11.6 Å². The normalized spacial score (nSPS) is 22.9. The summed E-state index contributed by atoms with van der Waals surface area (Å²) in [5, 5.41) is 13.1. The number of nitrogens with zero attached hydrogens (tertiary/aromatic N) is 2. The number of halogens is 4. The van der Waals surface area contributed by atoms with Gasteiger partial charge in [-0.1, -0.05) is 6.07 Å². The van der Waals surface area contributed by atoms with Gasteiger partial charge in [0.2, 0.25) is 0 Å². The minimum absolute atomic E-state index is 0.0445. The van der Waals surface area contributed by atoms with E-state index >= 15 is 0 Å². The molecule has 1 aliphatic heterocycles. The summed E-state index contributed by atoms with van der Waals surface area (Å²) in [4.78, 5) is 12.0. The summed E-state index contributed by atoms with van der Waals surface area (Å²) in [6.07, 6.45) is -5.91. The van der Waals surface area contributed by atoms with E-state index in [0.29, 0.717) is 0 Å². The fourth-order valence-corrected chi connectivity index (χ4v) is 1.90. The smallest absolute Gasteiger partial charge is 0.362 e. The van der Waals surface area contributed by atoms with E-state index in [9.17, 15) is 27.5 Å². The van der Waals surface area contributed by atoms with Crippen molar-refractivity contribution in [1.82, 2.24) is 5.01 Å². The van der Waals surface area contributed by atoms with Crippen molar-refractivity contribution < 1.29 is 27.5 Å². The number of aliphatic hydroxyl groups is 1. The molecule has 20 heavy (non-hydrogen) atoms. The summed E-state index contributed by atoms with van der Waals surface area (Å²) in [5.74, 6) is -1.99. The highest BCUT2D eigenvalue weighted by Crippen LogP contribution is 2.40. The molecule has 0 fully saturated rings. The molecule has 1 amide bonds. The molecule has 1 N–H and O–H groups in total. The zero-order chi connectivity index (χ0) is 15.1. The van der Waals surface area contributed by atoms with E-state index in [4.69, 9.17) is 0 Å². The Bertz CT molecular complexity index is 585. The maximum absolute atomic E-state index is 13.0. The molecular formula is C12H10F4N2O2. The first kappa shape index (κ1) is 14.4. The summed E-state index contributed by atoms with van der Waals surface area (Å²) >= 11 is 0. The third-order valence-corrected chi connectivity index (χ3v) is 2.84. The lowest BCUT2D eigenvalue weighted by Crippen LogP contribution is -2.56. The Balaban J connectivity index is 2.42. The summed E-state index contributed by atoms with van der Waals surface area (Å²) in [7, 11) is 0. The van der Waals surface area contributed by atoms with Gasteiger partial charge in [-0.3, -0.25) is 4.79 Å². The van der Waals surface area contributed by atoms with Crippen LogP contribution in [0.25, 0.3) is 0 Å². The topological polar surface area (TPSA) is 52.9 Å². The first-order valence-electron chi connectivity index (χ1n) is 5.58. The Morgan fingerprint density at radius 3 is 2.65 bits per heavy atom. The molecule has 8 heteroatoms. The van der Waals surface area contributed by atoms with Crippen LogP contribution in [0.1, 0.15) is 23.7 Å². The van der Waals surface area contributed by atoms with E-state index in [1.165, 1.54) is 13.0 Å². The molecule has 0 radical (unpaired) electrons. The van der Waals surface area contributed by atoms with Gasteiger partial charge in [0, 0.05) is 17.7 Å². The van der Waals surface area contributed by atoms with Crippen LogP contribution >= 0.6 is 0 Å². The van der Waals surface area contributed by atoms with E-state index in [1.807, 2.05) is 0 Å². The second-order valence-corrected chi connectivity index (χ2v) is 4.45. The zero-order valence-electron chi connectivity index (χ0n) is 10.3. The minimum atomic E-state index is -5.07. The van der Waals surface area contributed by atoms with E-state index in [0.717, 1.165) is 18.2 Å². The van der Waals surface area contributed by atoms with Crippen molar-refractivity contribution in [1.29, 1.82) is 0 Å². The molecule has 0 bridgehead atoms.